The first kappa shape index (κ1) is 16.0. The highest BCUT2D eigenvalue weighted by molar-refractivity contribution is 9.10. The van der Waals surface area contributed by atoms with Gasteiger partial charge in [0.2, 0.25) is 0 Å². The zero-order valence-corrected chi connectivity index (χ0v) is 13.8. The van der Waals surface area contributed by atoms with E-state index in [0.29, 0.717) is 10.2 Å². The number of nitrogens with one attached hydrogen (secondary N) is 1. The molecular weight excluding hydrogens is 351 g/mol. The molecule has 1 aromatic rings. The summed E-state index contributed by atoms with van der Waals surface area (Å²) >= 11 is 5.17. The lowest BCUT2D eigenvalue weighted by Crippen LogP contribution is -2.41. The molecule has 6 heteroatoms. The van der Waals surface area contributed by atoms with Crippen LogP contribution in [0.5, 0.6) is 0 Å². The van der Waals surface area contributed by atoms with Crippen LogP contribution >= 0.6 is 27.7 Å². The summed E-state index contributed by atoms with van der Waals surface area (Å²) in [4.78, 5) is 0. The number of rotatable bonds is 2. The number of thioether (sulfide) groups is 1. The van der Waals surface area contributed by atoms with Gasteiger partial charge in [0.1, 0.15) is 0 Å². The third-order valence-corrected chi connectivity index (χ3v) is 5.50. The first-order valence-electron chi connectivity index (χ1n) is 6.41. The molecule has 0 spiro atoms. The smallest absolute Gasteiger partial charge is 0.380 e. The van der Waals surface area contributed by atoms with E-state index in [0.717, 1.165) is 24.0 Å². The van der Waals surface area contributed by atoms with Crippen LogP contribution in [-0.4, -0.2) is 17.5 Å². The molecule has 112 valence electrons. The molecule has 1 nitrogen and oxygen atoms in total. The van der Waals surface area contributed by atoms with Crippen LogP contribution < -0.4 is 5.32 Å². The number of anilines is 1. The van der Waals surface area contributed by atoms with E-state index < -0.39 is 11.7 Å². The van der Waals surface area contributed by atoms with E-state index in [1.807, 2.05) is 11.8 Å². The van der Waals surface area contributed by atoms with Gasteiger partial charge in [-0.1, -0.05) is 13.8 Å². The van der Waals surface area contributed by atoms with E-state index in [-0.39, 0.29) is 11.5 Å². The first-order valence-corrected chi connectivity index (χ1v) is 8.36. The van der Waals surface area contributed by atoms with E-state index in [4.69, 9.17) is 0 Å². The third-order valence-electron chi connectivity index (χ3n) is 3.74. The van der Waals surface area contributed by atoms with Crippen molar-refractivity contribution < 1.29 is 13.2 Å². The molecule has 1 N–H and O–H groups in total. The van der Waals surface area contributed by atoms with Gasteiger partial charge in [-0.15, -0.1) is 0 Å². The Labute approximate surface area is 129 Å². The van der Waals surface area contributed by atoms with Gasteiger partial charge >= 0.3 is 6.18 Å². The zero-order chi connectivity index (χ0) is 15.0. The highest BCUT2D eigenvalue weighted by Gasteiger charge is 2.34. The molecular formula is C14H17BrF3NS. The Morgan fingerprint density at radius 1 is 1.35 bits per heavy atom. The second kappa shape index (κ2) is 5.79. The molecule has 1 fully saturated rings. The summed E-state index contributed by atoms with van der Waals surface area (Å²) in [6.07, 6.45) is -3.25. The van der Waals surface area contributed by atoms with E-state index >= 15 is 0 Å². The Hall–Kier alpha value is -0.360. The van der Waals surface area contributed by atoms with Gasteiger partial charge in [0.15, 0.2) is 0 Å². The van der Waals surface area contributed by atoms with Gasteiger partial charge in [-0.2, -0.15) is 24.9 Å². The monoisotopic (exact) mass is 367 g/mol. The minimum Gasteiger partial charge on any atom is -0.380 e. The topological polar surface area (TPSA) is 12.0 Å². The second-order valence-corrected chi connectivity index (χ2v) is 7.71. The predicted octanol–water partition coefficient (Wildman–Crippen LogP) is 5.41. The Morgan fingerprint density at radius 3 is 2.65 bits per heavy atom. The van der Waals surface area contributed by atoms with E-state index in [1.165, 1.54) is 12.1 Å². The molecule has 0 saturated carbocycles. The maximum atomic E-state index is 12.8. The van der Waals surface area contributed by atoms with Gasteiger partial charge in [0.05, 0.1) is 5.56 Å². The number of alkyl halides is 3. The molecule has 1 aliphatic rings. The van der Waals surface area contributed by atoms with E-state index in [9.17, 15) is 13.2 Å². The Morgan fingerprint density at radius 2 is 2.05 bits per heavy atom. The van der Waals surface area contributed by atoms with Gasteiger partial charge in [0.25, 0.3) is 0 Å². The minimum atomic E-state index is -4.31. The fourth-order valence-electron chi connectivity index (χ4n) is 2.17. The Kier molecular flexibility index (Phi) is 4.64. The molecule has 0 aromatic heterocycles. The maximum absolute atomic E-state index is 12.8. The van der Waals surface area contributed by atoms with Crippen molar-refractivity contribution in [1.82, 2.24) is 0 Å². The van der Waals surface area contributed by atoms with Crippen LogP contribution in [0.1, 0.15) is 25.8 Å². The van der Waals surface area contributed by atoms with Crippen molar-refractivity contribution in [3.63, 3.8) is 0 Å². The van der Waals surface area contributed by atoms with Crippen molar-refractivity contribution in [2.75, 3.05) is 16.8 Å². The van der Waals surface area contributed by atoms with E-state index in [2.05, 4.69) is 35.1 Å². The van der Waals surface area contributed by atoms with Crippen LogP contribution in [0.25, 0.3) is 0 Å². The molecule has 1 aliphatic heterocycles. The summed E-state index contributed by atoms with van der Waals surface area (Å²) in [5.74, 6) is 2.02. The summed E-state index contributed by atoms with van der Waals surface area (Å²) < 4.78 is 39.0. The standard InChI is InChI=1S/C14H17BrF3NS/c1-13(2)5-6-20-8-12(13)19-11-7-9(14(16,17)18)3-4-10(11)15/h3-4,7,12,19H,5-6,8H2,1-2H3. The Bertz CT molecular complexity index is 488. The zero-order valence-electron chi connectivity index (χ0n) is 11.4. The summed E-state index contributed by atoms with van der Waals surface area (Å²) in [7, 11) is 0. The van der Waals surface area contributed by atoms with Crippen LogP contribution in [0.15, 0.2) is 22.7 Å². The van der Waals surface area contributed by atoms with Crippen molar-refractivity contribution >= 4 is 33.4 Å². The molecule has 20 heavy (non-hydrogen) atoms. The fraction of sp³-hybridized carbons (Fsp3) is 0.571. The number of benzene rings is 1. The summed E-state index contributed by atoms with van der Waals surface area (Å²) in [6, 6.07) is 3.89. The molecule has 1 aromatic carbocycles. The average molecular weight is 368 g/mol. The molecule has 1 unspecified atom stereocenters. The lowest BCUT2D eigenvalue weighted by atomic mass is 9.82. The van der Waals surface area contributed by atoms with Crippen molar-refractivity contribution in [3.05, 3.63) is 28.2 Å². The van der Waals surface area contributed by atoms with Crippen molar-refractivity contribution in [3.8, 4) is 0 Å². The van der Waals surface area contributed by atoms with Crippen molar-refractivity contribution in [2.45, 2.75) is 32.5 Å². The van der Waals surface area contributed by atoms with Gasteiger partial charge in [-0.25, -0.2) is 0 Å². The largest absolute Gasteiger partial charge is 0.416 e. The number of halogens is 4. The number of hydrogen-bond acceptors (Lipinski definition) is 2. The van der Waals surface area contributed by atoms with Crippen LogP contribution in [0.3, 0.4) is 0 Å². The number of hydrogen-bond donors (Lipinski definition) is 1. The SMILES string of the molecule is CC1(C)CCSCC1Nc1cc(C(F)(F)F)ccc1Br. The quantitative estimate of drug-likeness (QED) is 0.749. The predicted molar refractivity (Wildman–Crippen MR) is 82.3 cm³/mol. The van der Waals surface area contributed by atoms with Crippen LogP contribution in [0.2, 0.25) is 0 Å². The Balaban J connectivity index is 2.24. The maximum Gasteiger partial charge on any atom is 0.416 e. The molecule has 0 amide bonds. The lowest BCUT2D eigenvalue weighted by molar-refractivity contribution is -0.137. The van der Waals surface area contributed by atoms with Crippen LogP contribution in [0, 0.1) is 5.41 Å². The molecule has 0 aliphatic carbocycles. The summed E-state index contributed by atoms with van der Waals surface area (Å²) in [5.41, 5.74) is -0.0243. The minimum absolute atomic E-state index is 0.0823. The second-order valence-electron chi connectivity index (χ2n) is 5.70. The highest BCUT2D eigenvalue weighted by Crippen LogP contribution is 2.39. The fourth-order valence-corrected chi connectivity index (χ4v) is 4.14. The van der Waals surface area contributed by atoms with Gasteiger partial charge in [0, 0.05) is 22.0 Å². The summed E-state index contributed by atoms with van der Waals surface area (Å²) in [6.45, 7) is 4.32. The average Bonchev–Trinajstić information content (AvgIpc) is 2.32. The highest BCUT2D eigenvalue weighted by atomic mass is 79.9. The molecule has 0 radical (unpaired) electrons. The molecule has 1 saturated heterocycles. The van der Waals surface area contributed by atoms with Crippen molar-refractivity contribution in [1.29, 1.82) is 0 Å². The summed E-state index contributed by atoms with van der Waals surface area (Å²) in [5, 5.41) is 3.28. The van der Waals surface area contributed by atoms with Crippen LogP contribution in [-0.2, 0) is 6.18 Å². The molecule has 1 atom stereocenters. The van der Waals surface area contributed by atoms with Gasteiger partial charge < -0.3 is 5.32 Å². The first-order chi connectivity index (χ1) is 9.20. The molecule has 0 bridgehead atoms. The van der Waals surface area contributed by atoms with Crippen molar-refractivity contribution in [2.24, 2.45) is 5.41 Å². The lowest BCUT2D eigenvalue weighted by Gasteiger charge is -2.39. The normalized spacial score (nSPS) is 22.6. The third kappa shape index (κ3) is 3.64. The van der Waals surface area contributed by atoms with Gasteiger partial charge in [-0.3, -0.25) is 0 Å². The molecule has 2 rings (SSSR count). The van der Waals surface area contributed by atoms with Crippen LogP contribution in [0.4, 0.5) is 18.9 Å². The molecule has 1 heterocycles. The van der Waals surface area contributed by atoms with E-state index in [1.54, 1.807) is 0 Å². The van der Waals surface area contributed by atoms with Gasteiger partial charge in [-0.05, 0) is 51.7 Å².